The number of benzene rings is 3. The summed E-state index contributed by atoms with van der Waals surface area (Å²) in [6, 6.07) is 20.9. The van der Waals surface area contributed by atoms with Crippen molar-refractivity contribution in [1.82, 2.24) is 0 Å². The van der Waals surface area contributed by atoms with Crippen LogP contribution in [0.4, 0.5) is 0 Å². The zero-order valence-electron chi connectivity index (χ0n) is 19.2. The molecule has 1 atom stereocenters. The maximum Gasteiger partial charge on any atom is 0.119 e. The van der Waals surface area contributed by atoms with Crippen LogP contribution in [0, 0.1) is 0 Å². The highest BCUT2D eigenvalue weighted by molar-refractivity contribution is 5.84. The van der Waals surface area contributed by atoms with Crippen LogP contribution in [0.5, 0.6) is 5.75 Å². The molecular weight excluding hydrogens is 376 g/mol. The van der Waals surface area contributed by atoms with Crippen molar-refractivity contribution in [3.63, 3.8) is 0 Å². The fraction of sp³-hybridized carbons (Fsp3) is 0.400. The number of unbranched alkanes of at least 4 members (excludes halogenated alkanes) is 2. The van der Waals surface area contributed by atoms with Gasteiger partial charge in [0.25, 0.3) is 0 Å². The molecule has 0 saturated heterocycles. The topological polar surface area (TPSA) is 9.23 Å². The second-order valence-electron chi connectivity index (χ2n) is 8.97. The fourth-order valence-corrected chi connectivity index (χ4v) is 4.82. The summed E-state index contributed by atoms with van der Waals surface area (Å²) < 4.78 is 5.92. The Hall–Kier alpha value is -2.54. The smallest absolute Gasteiger partial charge is 0.119 e. The van der Waals surface area contributed by atoms with Crippen molar-refractivity contribution >= 4 is 10.8 Å². The Morgan fingerprint density at radius 3 is 2.68 bits per heavy atom. The van der Waals surface area contributed by atoms with E-state index in [2.05, 4.69) is 80.6 Å². The molecule has 1 aliphatic rings. The fourth-order valence-electron chi connectivity index (χ4n) is 4.82. The third-order valence-corrected chi connectivity index (χ3v) is 6.66. The number of ether oxygens (including phenoxy) is 1. The summed E-state index contributed by atoms with van der Waals surface area (Å²) >= 11 is 0. The van der Waals surface area contributed by atoms with Gasteiger partial charge in [0, 0.05) is 0 Å². The maximum atomic E-state index is 5.92. The molecule has 1 nitrogen and oxygen atoms in total. The van der Waals surface area contributed by atoms with E-state index in [0.29, 0.717) is 5.92 Å². The molecule has 1 unspecified atom stereocenters. The monoisotopic (exact) mass is 412 g/mol. The van der Waals surface area contributed by atoms with Gasteiger partial charge < -0.3 is 4.74 Å². The van der Waals surface area contributed by atoms with Gasteiger partial charge in [0.1, 0.15) is 5.75 Å². The molecule has 0 fully saturated rings. The predicted molar refractivity (Wildman–Crippen MR) is 133 cm³/mol. The lowest BCUT2D eigenvalue weighted by atomic mass is 9.79. The van der Waals surface area contributed by atoms with E-state index >= 15 is 0 Å². The summed E-state index contributed by atoms with van der Waals surface area (Å²) in [7, 11) is 0. The molecule has 31 heavy (non-hydrogen) atoms. The Kier molecular flexibility index (Phi) is 7.46. The SMILES string of the molecule is CC=CCCOc1ccc2c(c1)CCC(c1ccc3cc(CCCCC)ccc3c1)C2. The summed E-state index contributed by atoms with van der Waals surface area (Å²) in [6.45, 7) is 5.07. The number of hydrogen-bond acceptors (Lipinski definition) is 1. The number of aryl methyl sites for hydroxylation is 2. The van der Waals surface area contributed by atoms with Crippen LogP contribution < -0.4 is 4.74 Å². The Morgan fingerprint density at radius 1 is 0.935 bits per heavy atom. The quantitative estimate of drug-likeness (QED) is 0.254. The van der Waals surface area contributed by atoms with Gasteiger partial charge in [-0.2, -0.15) is 0 Å². The molecule has 0 amide bonds. The molecule has 0 bridgehead atoms. The molecule has 0 heterocycles. The van der Waals surface area contributed by atoms with Gasteiger partial charge in [-0.1, -0.05) is 74.4 Å². The third kappa shape index (κ3) is 5.58. The minimum Gasteiger partial charge on any atom is -0.493 e. The molecule has 0 aromatic heterocycles. The van der Waals surface area contributed by atoms with Crippen molar-refractivity contribution in [2.24, 2.45) is 0 Å². The molecule has 0 spiro atoms. The van der Waals surface area contributed by atoms with E-state index in [-0.39, 0.29) is 0 Å². The lowest BCUT2D eigenvalue weighted by molar-refractivity contribution is 0.324. The van der Waals surface area contributed by atoms with E-state index < -0.39 is 0 Å². The number of rotatable bonds is 9. The summed E-state index contributed by atoms with van der Waals surface area (Å²) in [5.41, 5.74) is 5.92. The van der Waals surface area contributed by atoms with Gasteiger partial charge in [-0.15, -0.1) is 0 Å². The lowest BCUT2D eigenvalue weighted by Crippen LogP contribution is -2.13. The summed E-state index contributed by atoms with van der Waals surface area (Å²) in [4.78, 5) is 0. The van der Waals surface area contributed by atoms with Crippen LogP contribution in [0.2, 0.25) is 0 Å². The molecule has 4 rings (SSSR count). The van der Waals surface area contributed by atoms with Crippen LogP contribution in [-0.4, -0.2) is 6.61 Å². The van der Waals surface area contributed by atoms with Crippen molar-refractivity contribution in [3.8, 4) is 5.75 Å². The van der Waals surface area contributed by atoms with Crippen LogP contribution in [0.1, 0.15) is 74.1 Å². The lowest BCUT2D eigenvalue weighted by Gasteiger charge is -2.26. The van der Waals surface area contributed by atoms with E-state index in [1.165, 1.54) is 65.1 Å². The number of fused-ring (bicyclic) bond motifs is 2. The Balaban J connectivity index is 1.43. The van der Waals surface area contributed by atoms with Gasteiger partial charge in [-0.25, -0.2) is 0 Å². The maximum absolute atomic E-state index is 5.92. The average molecular weight is 413 g/mol. The Bertz CT molecular complexity index is 1030. The van der Waals surface area contributed by atoms with Crippen LogP contribution in [-0.2, 0) is 19.3 Å². The van der Waals surface area contributed by atoms with Gasteiger partial charge in [0.15, 0.2) is 0 Å². The molecule has 3 aromatic rings. The normalized spacial score (nSPS) is 16.0. The van der Waals surface area contributed by atoms with E-state index in [1.54, 1.807) is 0 Å². The largest absolute Gasteiger partial charge is 0.493 e. The molecule has 1 aliphatic carbocycles. The molecule has 3 aromatic carbocycles. The summed E-state index contributed by atoms with van der Waals surface area (Å²) in [5, 5.41) is 2.76. The zero-order chi connectivity index (χ0) is 21.5. The van der Waals surface area contributed by atoms with Gasteiger partial charge in [-0.05, 0) is 96.5 Å². The molecule has 0 saturated carbocycles. The summed E-state index contributed by atoms with van der Waals surface area (Å²) in [5.74, 6) is 1.63. The first-order valence-corrected chi connectivity index (χ1v) is 12.1. The van der Waals surface area contributed by atoms with Gasteiger partial charge in [0.05, 0.1) is 6.61 Å². The van der Waals surface area contributed by atoms with Gasteiger partial charge >= 0.3 is 0 Å². The Labute approximate surface area is 188 Å². The third-order valence-electron chi connectivity index (χ3n) is 6.66. The minimum atomic E-state index is 0.614. The second-order valence-corrected chi connectivity index (χ2v) is 8.97. The van der Waals surface area contributed by atoms with Crippen LogP contribution in [0.3, 0.4) is 0 Å². The molecule has 162 valence electrons. The van der Waals surface area contributed by atoms with Crippen molar-refractivity contribution in [3.05, 3.63) is 89.0 Å². The first-order valence-electron chi connectivity index (χ1n) is 12.1. The van der Waals surface area contributed by atoms with E-state index in [0.717, 1.165) is 31.6 Å². The predicted octanol–water partition coefficient (Wildman–Crippen LogP) is 8.19. The van der Waals surface area contributed by atoms with Crippen molar-refractivity contribution in [1.29, 1.82) is 0 Å². The van der Waals surface area contributed by atoms with E-state index in [9.17, 15) is 0 Å². The second kappa shape index (κ2) is 10.7. The molecule has 1 heteroatoms. The number of hydrogen-bond donors (Lipinski definition) is 0. The van der Waals surface area contributed by atoms with Crippen molar-refractivity contribution < 1.29 is 4.74 Å². The van der Waals surface area contributed by atoms with Crippen molar-refractivity contribution in [2.45, 2.75) is 71.1 Å². The Morgan fingerprint density at radius 2 is 1.81 bits per heavy atom. The highest BCUT2D eigenvalue weighted by Crippen LogP contribution is 2.35. The first-order chi connectivity index (χ1) is 15.3. The highest BCUT2D eigenvalue weighted by Gasteiger charge is 2.21. The average Bonchev–Trinajstić information content (AvgIpc) is 2.81. The van der Waals surface area contributed by atoms with Crippen LogP contribution in [0.15, 0.2) is 66.7 Å². The zero-order valence-corrected chi connectivity index (χ0v) is 19.2. The summed E-state index contributed by atoms with van der Waals surface area (Å²) in [6.07, 6.45) is 13.8. The standard InChI is InChI=1S/C30H36O/c1-3-5-7-9-23-10-11-25-20-26(13-12-24(25)19-23)27-14-15-29-22-30(17-16-28(29)21-27)31-18-8-6-4-2/h4,6,10-13,16-17,19-20,22,27H,3,5,7-9,14-15,18,21H2,1-2H3. The molecule has 0 radical (unpaired) electrons. The molecule has 0 aliphatic heterocycles. The minimum absolute atomic E-state index is 0.614. The highest BCUT2D eigenvalue weighted by atomic mass is 16.5. The van der Waals surface area contributed by atoms with E-state index in [4.69, 9.17) is 4.74 Å². The molecular formula is C30H36O. The number of allylic oxidation sites excluding steroid dienone is 1. The van der Waals surface area contributed by atoms with Crippen LogP contribution in [0.25, 0.3) is 10.8 Å². The first kappa shape index (κ1) is 21.7. The van der Waals surface area contributed by atoms with Gasteiger partial charge in [0.2, 0.25) is 0 Å². The van der Waals surface area contributed by atoms with Crippen LogP contribution >= 0.6 is 0 Å². The van der Waals surface area contributed by atoms with E-state index in [1.807, 2.05) is 0 Å². The van der Waals surface area contributed by atoms with Crippen molar-refractivity contribution in [2.75, 3.05) is 6.61 Å². The molecule has 0 N–H and O–H groups in total. The van der Waals surface area contributed by atoms with Gasteiger partial charge in [-0.3, -0.25) is 0 Å².